The number of amides is 1. The Kier molecular flexibility index (Phi) is 6.27. The molecule has 1 unspecified atom stereocenters. The average Bonchev–Trinajstić information content (AvgIpc) is 3.23. The van der Waals surface area contributed by atoms with Crippen molar-refractivity contribution in [1.29, 1.82) is 0 Å². The summed E-state index contributed by atoms with van der Waals surface area (Å²) in [7, 11) is -2.30. The molecule has 0 saturated carbocycles. The second-order valence-electron chi connectivity index (χ2n) is 6.73. The van der Waals surface area contributed by atoms with E-state index in [-0.39, 0.29) is 28.2 Å². The molecule has 0 spiro atoms. The van der Waals surface area contributed by atoms with Crippen molar-refractivity contribution < 1.29 is 17.9 Å². The smallest absolute Gasteiger partial charge is 0.251 e. The number of halogens is 1. The fourth-order valence-corrected chi connectivity index (χ4v) is 5.12. The summed E-state index contributed by atoms with van der Waals surface area (Å²) in [4.78, 5) is 12.7. The lowest BCUT2D eigenvalue weighted by atomic mass is 10.1. The van der Waals surface area contributed by atoms with Gasteiger partial charge in [-0.1, -0.05) is 23.7 Å². The Morgan fingerprint density at radius 3 is 2.54 bits per heavy atom. The molecule has 1 aliphatic heterocycles. The number of sulfonamides is 1. The first-order valence-electron chi connectivity index (χ1n) is 9.07. The van der Waals surface area contributed by atoms with Gasteiger partial charge in [-0.05, 0) is 55.7 Å². The lowest BCUT2D eigenvalue weighted by Crippen LogP contribution is -2.29. The Labute approximate surface area is 170 Å². The third-order valence-corrected chi connectivity index (χ3v) is 6.96. The molecule has 1 atom stereocenters. The predicted molar refractivity (Wildman–Crippen MR) is 108 cm³/mol. The zero-order valence-corrected chi connectivity index (χ0v) is 17.4. The number of rotatable bonds is 6. The zero-order chi connectivity index (χ0) is 20.3. The molecule has 6 nitrogen and oxygen atoms in total. The van der Waals surface area contributed by atoms with E-state index in [1.165, 1.54) is 23.5 Å². The molecule has 0 bridgehead atoms. The third-order valence-electron chi connectivity index (χ3n) is 4.80. The van der Waals surface area contributed by atoms with Gasteiger partial charge in [-0.2, -0.15) is 4.31 Å². The van der Waals surface area contributed by atoms with Crippen LogP contribution in [0.2, 0.25) is 5.02 Å². The summed E-state index contributed by atoms with van der Waals surface area (Å²) in [6, 6.07) is 11.4. The minimum Gasteiger partial charge on any atom is -0.495 e. The monoisotopic (exact) mass is 422 g/mol. The van der Waals surface area contributed by atoms with E-state index in [9.17, 15) is 13.2 Å². The predicted octanol–water partition coefficient (Wildman–Crippen LogP) is 3.62. The van der Waals surface area contributed by atoms with Crippen molar-refractivity contribution in [1.82, 2.24) is 9.62 Å². The SMILES string of the molecule is COc1ccc(C(=O)NC(C)c2cccc(Cl)c2)cc1S(=O)(=O)N1CCCC1. The lowest BCUT2D eigenvalue weighted by molar-refractivity contribution is 0.0939. The van der Waals surface area contributed by atoms with Crippen molar-refractivity contribution in [3.63, 3.8) is 0 Å². The van der Waals surface area contributed by atoms with Gasteiger partial charge in [0.15, 0.2) is 0 Å². The largest absolute Gasteiger partial charge is 0.495 e. The number of carbonyl (C=O) groups excluding carboxylic acids is 1. The molecule has 1 aliphatic rings. The maximum atomic E-state index is 13.0. The van der Waals surface area contributed by atoms with E-state index in [0.717, 1.165) is 18.4 Å². The normalized spacial score (nSPS) is 16.0. The van der Waals surface area contributed by atoms with E-state index in [1.54, 1.807) is 18.2 Å². The van der Waals surface area contributed by atoms with Crippen LogP contribution >= 0.6 is 11.6 Å². The van der Waals surface area contributed by atoms with Crippen molar-refractivity contribution in [2.75, 3.05) is 20.2 Å². The van der Waals surface area contributed by atoms with Crippen LogP contribution in [0.3, 0.4) is 0 Å². The van der Waals surface area contributed by atoms with Crippen molar-refractivity contribution in [2.24, 2.45) is 0 Å². The maximum absolute atomic E-state index is 13.0. The maximum Gasteiger partial charge on any atom is 0.251 e. The van der Waals surface area contributed by atoms with E-state index >= 15 is 0 Å². The van der Waals surface area contributed by atoms with Crippen LogP contribution in [0.4, 0.5) is 0 Å². The number of ether oxygens (including phenoxy) is 1. The minimum absolute atomic E-state index is 0.0139. The third kappa shape index (κ3) is 4.32. The van der Waals surface area contributed by atoms with Crippen LogP contribution in [-0.4, -0.2) is 38.8 Å². The van der Waals surface area contributed by atoms with E-state index in [4.69, 9.17) is 16.3 Å². The zero-order valence-electron chi connectivity index (χ0n) is 15.8. The van der Waals surface area contributed by atoms with Crippen LogP contribution in [0.1, 0.15) is 41.7 Å². The molecular formula is C20H23ClN2O4S. The van der Waals surface area contributed by atoms with E-state index < -0.39 is 10.0 Å². The standard InChI is InChI=1S/C20H23ClN2O4S/c1-14(15-6-5-7-17(21)12-15)22-20(24)16-8-9-18(27-2)19(13-16)28(25,26)23-10-3-4-11-23/h5-9,12-14H,3-4,10-11H2,1-2H3,(H,22,24). The highest BCUT2D eigenvalue weighted by atomic mass is 35.5. The quantitative estimate of drug-likeness (QED) is 0.771. The van der Waals surface area contributed by atoms with Gasteiger partial charge in [-0.25, -0.2) is 8.42 Å². The van der Waals surface area contributed by atoms with Gasteiger partial charge in [-0.15, -0.1) is 0 Å². The second kappa shape index (κ2) is 8.51. The van der Waals surface area contributed by atoms with E-state index in [2.05, 4.69) is 5.32 Å². The number of nitrogens with one attached hydrogen (secondary N) is 1. The van der Waals surface area contributed by atoms with Crippen molar-refractivity contribution in [3.05, 3.63) is 58.6 Å². The Balaban J connectivity index is 1.87. The van der Waals surface area contributed by atoms with Crippen molar-refractivity contribution in [2.45, 2.75) is 30.7 Å². The Hall–Kier alpha value is -2.09. The van der Waals surface area contributed by atoms with Crippen LogP contribution in [0.15, 0.2) is 47.4 Å². The molecular weight excluding hydrogens is 400 g/mol. The second-order valence-corrected chi connectivity index (χ2v) is 9.07. The molecule has 0 radical (unpaired) electrons. The van der Waals surface area contributed by atoms with Gasteiger partial charge in [0.25, 0.3) is 5.91 Å². The summed E-state index contributed by atoms with van der Waals surface area (Å²) in [6.45, 7) is 2.80. The molecule has 1 saturated heterocycles. The summed E-state index contributed by atoms with van der Waals surface area (Å²) in [6.07, 6.45) is 1.66. The minimum atomic E-state index is -3.71. The van der Waals surface area contributed by atoms with Crippen LogP contribution in [0.5, 0.6) is 5.75 Å². The molecule has 28 heavy (non-hydrogen) atoms. The molecule has 3 rings (SSSR count). The molecule has 150 valence electrons. The number of carbonyl (C=O) groups is 1. The average molecular weight is 423 g/mol. The first-order chi connectivity index (χ1) is 13.3. The fraction of sp³-hybridized carbons (Fsp3) is 0.350. The van der Waals surface area contributed by atoms with E-state index in [0.29, 0.717) is 18.1 Å². The van der Waals surface area contributed by atoms with Crippen LogP contribution in [0.25, 0.3) is 0 Å². The van der Waals surface area contributed by atoms with Crippen LogP contribution in [0, 0.1) is 0 Å². The number of methoxy groups -OCH3 is 1. The first kappa shape index (κ1) is 20.6. The molecule has 0 aromatic heterocycles. The Bertz CT molecular complexity index is 972. The number of hydrogen-bond acceptors (Lipinski definition) is 4. The van der Waals surface area contributed by atoms with E-state index in [1.807, 2.05) is 19.1 Å². The highest BCUT2D eigenvalue weighted by Crippen LogP contribution is 2.30. The molecule has 1 fully saturated rings. The fourth-order valence-electron chi connectivity index (χ4n) is 3.23. The number of hydrogen-bond donors (Lipinski definition) is 1. The molecule has 2 aromatic rings. The van der Waals surface area contributed by atoms with Crippen LogP contribution in [-0.2, 0) is 10.0 Å². The topological polar surface area (TPSA) is 75.7 Å². The number of benzene rings is 2. The Morgan fingerprint density at radius 2 is 1.89 bits per heavy atom. The summed E-state index contributed by atoms with van der Waals surface area (Å²) in [5.41, 5.74) is 1.12. The van der Waals surface area contributed by atoms with Gasteiger partial charge in [0.2, 0.25) is 10.0 Å². The summed E-state index contributed by atoms with van der Waals surface area (Å²) in [5.74, 6) is -0.139. The molecule has 8 heteroatoms. The van der Waals surface area contributed by atoms with Gasteiger partial charge in [0.1, 0.15) is 10.6 Å². The van der Waals surface area contributed by atoms with Gasteiger partial charge >= 0.3 is 0 Å². The molecule has 1 N–H and O–H groups in total. The highest BCUT2D eigenvalue weighted by Gasteiger charge is 2.30. The molecule has 1 heterocycles. The number of nitrogens with zero attached hydrogens (tertiary/aromatic N) is 1. The highest BCUT2D eigenvalue weighted by molar-refractivity contribution is 7.89. The van der Waals surface area contributed by atoms with Crippen molar-refractivity contribution in [3.8, 4) is 5.75 Å². The van der Waals surface area contributed by atoms with Gasteiger partial charge < -0.3 is 10.1 Å². The van der Waals surface area contributed by atoms with Gasteiger partial charge in [-0.3, -0.25) is 4.79 Å². The molecule has 0 aliphatic carbocycles. The Morgan fingerprint density at radius 1 is 1.18 bits per heavy atom. The van der Waals surface area contributed by atoms with Crippen LogP contribution < -0.4 is 10.1 Å². The lowest BCUT2D eigenvalue weighted by Gasteiger charge is -2.19. The van der Waals surface area contributed by atoms with Gasteiger partial charge in [0, 0.05) is 23.7 Å². The summed E-state index contributed by atoms with van der Waals surface area (Å²) >= 11 is 6.01. The van der Waals surface area contributed by atoms with Crippen molar-refractivity contribution >= 4 is 27.5 Å². The molecule has 2 aromatic carbocycles. The first-order valence-corrected chi connectivity index (χ1v) is 10.9. The molecule has 1 amide bonds. The summed E-state index contributed by atoms with van der Waals surface area (Å²) < 4.78 is 32.6. The van der Waals surface area contributed by atoms with Gasteiger partial charge in [0.05, 0.1) is 13.2 Å². The summed E-state index contributed by atoms with van der Waals surface area (Å²) in [5, 5.41) is 3.46.